The van der Waals surface area contributed by atoms with Crippen LogP contribution in [0, 0.1) is 6.92 Å². The zero-order chi connectivity index (χ0) is 16.9. The number of anilines is 2. The second-order valence-corrected chi connectivity index (χ2v) is 6.49. The van der Waals surface area contributed by atoms with Crippen molar-refractivity contribution in [2.45, 2.75) is 20.3 Å². The largest absolute Gasteiger partial charge is 0.370 e. The molecule has 0 amide bonds. The second-order valence-electron chi connectivity index (χ2n) is 6.49. The molecule has 1 saturated heterocycles. The van der Waals surface area contributed by atoms with Gasteiger partial charge in [0.15, 0.2) is 5.82 Å². The first kappa shape index (κ1) is 16.7. The van der Waals surface area contributed by atoms with Crippen LogP contribution in [0.15, 0.2) is 30.5 Å². The lowest BCUT2D eigenvalue weighted by atomic mass is 10.1. The highest BCUT2D eigenvalue weighted by molar-refractivity contribution is 5.62. The van der Waals surface area contributed by atoms with E-state index >= 15 is 0 Å². The van der Waals surface area contributed by atoms with Gasteiger partial charge in [0.2, 0.25) is 0 Å². The third kappa shape index (κ3) is 3.85. The van der Waals surface area contributed by atoms with E-state index in [9.17, 15) is 0 Å². The first-order chi connectivity index (χ1) is 11.7. The topological polar surface area (TPSA) is 44.3 Å². The molecule has 0 saturated carbocycles. The third-order valence-corrected chi connectivity index (χ3v) is 4.51. The van der Waals surface area contributed by atoms with Crippen molar-refractivity contribution in [1.29, 1.82) is 0 Å². The highest BCUT2D eigenvalue weighted by Gasteiger charge is 2.14. The van der Waals surface area contributed by atoms with E-state index in [4.69, 9.17) is 0 Å². The second kappa shape index (κ2) is 7.62. The van der Waals surface area contributed by atoms with Crippen molar-refractivity contribution < 1.29 is 0 Å². The standard InChI is InChI=1S/C19H27N5/c1-4-9-20-18-15(2)14-21-19(22-18)16-5-7-17(8-6-16)24-12-10-23(3)11-13-24/h5-8,14H,4,9-13H2,1-3H3,(H,20,21,22). The van der Waals surface area contributed by atoms with E-state index in [1.165, 1.54) is 5.69 Å². The summed E-state index contributed by atoms with van der Waals surface area (Å²) >= 11 is 0. The number of aryl methyl sites for hydroxylation is 1. The molecule has 0 atom stereocenters. The lowest BCUT2D eigenvalue weighted by molar-refractivity contribution is 0.313. The summed E-state index contributed by atoms with van der Waals surface area (Å²) in [6, 6.07) is 8.62. The van der Waals surface area contributed by atoms with E-state index in [2.05, 4.69) is 63.3 Å². The molecule has 24 heavy (non-hydrogen) atoms. The minimum atomic E-state index is 0.782. The number of nitrogens with zero attached hydrogens (tertiary/aromatic N) is 4. The van der Waals surface area contributed by atoms with Crippen molar-refractivity contribution in [3.63, 3.8) is 0 Å². The normalized spacial score (nSPS) is 15.5. The summed E-state index contributed by atoms with van der Waals surface area (Å²) in [5.41, 5.74) is 3.43. The Hall–Kier alpha value is -2.14. The van der Waals surface area contributed by atoms with Gasteiger partial charge in [-0.3, -0.25) is 0 Å². The molecule has 0 unspecified atom stereocenters. The number of piperazine rings is 1. The van der Waals surface area contributed by atoms with Crippen molar-refractivity contribution in [2.24, 2.45) is 0 Å². The van der Waals surface area contributed by atoms with Gasteiger partial charge in [-0.25, -0.2) is 9.97 Å². The summed E-state index contributed by atoms with van der Waals surface area (Å²) in [7, 11) is 2.18. The van der Waals surface area contributed by atoms with Gasteiger partial charge in [-0.2, -0.15) is 0 Å². The maximum Gasteiger partial charge on any atom is 0.161 e. The van der Waals surface area contributed by atoms with Gasteiger partial charge in [0, 0.05) is 55.7 Å². The molecular formula is C19H27N5. The van der Waals surface area contributed by atoms with Gasteiger partial charge < -0.3 is 15.1 Å². The molecule has 1 fully saturated rings. The molecule has 3 rings (SSSR count). The van der Waals surface area contributed by atoms with Gasteiger partial charge in [-0.05, 0) is 44.7 Å². The van der Waals surface area contributed by atoms with Gasteiger partial charge in [-0.1, -0.05) is 6.92 Å². The van der Waals surface area contributed by atoms with E-state index in [-0.39, 0.29) is 0 Å². The molecule has 5 heteroatoms. The summed E-state index contributed by atoms with van der Waals surface area (Å²) < 4.78 is 0. The predicted octanol–water partition coefficient (Wildman–Crippen LogP) is 3.03. The molecule has 128 valence electrons. The maximum atomic E-state index is 4.69. The highest BCUT2D eigenvalue weighted by atomic mass is 15.2. The van der Waals surface area contributed by atoms with Crippen molar-refractivity contribution in [3.05, 3.63) is 36.0 Å². The molecule has 0 bridgehead atoms. The van der Waals surface area contributed by atoms with E-state index < -0.39 is 0 Å². The lowest BCUT2D eigenvalue weighted by Crippen LogP contribution is -2.44. The summed E-state index contributed by atoms with van der Waals surface area (Å²) in [6.07, 6.45) is 2.98. The fraction of sp³-hybridized carbons (Fsp3) is 0.474. The highest BCUT2D eigenvalue weighted by Crippen LogP contribution is 2.23. The zero-order valence-corrected chi connectivity index (χ0v) is 14.9. The Morgan fingerprint density at radius 3 is 2.46 bits per heavy atom. The van der Waals surface area contributed by atoms with Crippen LogP contribution in [-0.4, -0.2) is 54.6 Å². The number of hydrogen-bond acceptors (Lipinski definition) is 5. The van der Waals surface area contributed by atoms with Crippen molar-refractivity contribution >= 4 is 11.5 Å². The Bertz CT molecular complexity index is 660. The maximum absolute atomic E-state index is 4.69. The van der Waals surface area contributed by atoms with Crippen LogP contribution in [0.3, 0.4) is 0 Å². The quantitative estimate of drug-likeness (QED) is 0.915. The van der Waals surface area contributed by atoms with Gasteiger partial charge in [-0.15, -0.1) is 0 Å². The summed E-state index contributed by atoms with van der Waals surface area (Å²) in [5.74, 6) is 1.72. The van der Waals surface area contributed by atoms with Gasteiger partial charge >= 0.3 is 0 Å². The van der Waals surface area contributed by atoms with Crippen molar-refractivity contribution in [3.8, 4) is 11.4 Å². The smallest absolute Gasteiger partial charge is 0.161 e. The molecule has 2 aromatic rings. The molecule has 5 nitrogen and oxygen atoms in total. The molecule has 1 N–H and O–H groups in total. The summed E-state index contributed by atoms with van der Waals surface area (Å²) in [6.45, 7) is 9.54. The Balaban J connectivity index is 1.75. The number of rotatable bonds is 5. The first-order valence-corrected chi connectivity index (χ1v) is 8.79. The Morgan fingerprint density at radius 1 is 1.08 bits per heavy atom. The fourth-order valence-corrected chi connectivity index (χ4v) is 2.89. The zero-order valence-electron chi connectivity index (χ0n) is 14.9. The van der Waals surface area contributed by atoms with Gasteiger partial charge in [0.25, 0.3) is 0 Å². The molecule has 2 heterocycles. The van der Waals surface area contributed by atoms with Crippen LogP contribution in [0.25, 0.3) is 11.4 Å². The number of aromatic nitrogens is 2. The van der Waals surface area contributed by atoms with Crippen LogP contribution in [0.4, 0.5) is 11.5 Å². The Kier molecular flexibility index (Phi) is 5.30. The molecule has 1 aliphatic heterocycles. The number of nitrogens with one attached hydrogen (secondary N) is 1. The lowest BCUT2D eigenvalue weighted by Gasteiger charge is -2.34. The molecule has 1 aromatic carbocycles. The Morgan fingerprint density at radius 2 is 1.79 bits per heavy atom. The minimum Gasteiger partial charge on any atom is -0.370 e. The number of hydrogen-bond donors (Lipinski definition) is 1. The van der Waals surface area contributed by atoms with E-state index in [0.29, 0.717) is 0 Å². The van der Waals surface area contributed by atoms with E-state index in [1.54, 1.807) is 0 Å². The first-order valence-electron chi connectivity index (χ1n) is 8.79. The molecule has 0 aliphatic carbocycles. The fourth-order valence-electron chi connectivity index (χ4n) is 2.89. The van der Waals surface area contributed by atoms with Crippen molar-refractivity contribution in [2.75, 3.05) is 50.0 Å². The summed E-state index contributed by atoms with van der Waals surface area (Å²) in [5, 5.41) is 3.38. The van der Waals surface area contributed by atoms with Crippen LogP contribution >= 0.6 is 0 Å². The molecular weight excluding hydrogens is 298 g/mol. The molecule has 0 radical (unpaired) electrons. The van der Waals surface area contributed by atoms with Gasteiger partial charge in [0.05, 0.1) is 0 Å². The number of benzene rings is 1. The summed E-state index contributed by atoms with van der Waals surface area (Å²) in [4.78, 5) is 14.0. The molecule has 0 spiro atoms. The average molecular weight is 325 g/mol. The SMILES string of the molecule is CCCNc1nc(-c2ccc(N3CCN(C)CC3)cc2)ncc1C. The minimum absolute atomic E-state index is 0.782. The monoisotopic (exact) mass is 325 g/mol. The van der Waals surface area contributed by atoms with E-state index in [0.717, 1.165) is 61.9 Å². The van der Waals surface area contributed by atoms with Crippen LogP contribution < -0.4 is 10.2 Å². The van der Waals surface area contributed by atoms with Gasteiger partial charge in [0.1, 0.15) is 5.82 Å². The average Bonchev–Trinajstić information content (AvgIpc) is 2.62. The Labute approximate surface area is 144 Å². The van der Waals surface area contributed by atoms with Crippen LogP contribution in [0.5, 0.6) is 0 Å². The molecule has 1 aromatic heterocycles. The van der Waals surface area contributed by atoms with Crippen LogP contribution in [-0.2, 0) is 0 Å². The van der Waals surface area contributed by atoms with Crippen LogP contribution in [0.1, 0.15) is 18.9 Å². The van der Waals surface area contributed by atoms with Crippen LogP contribution in [0.2, 0.25) is 0 Å². The predicted molar refractivity (Wildman–Crippen MR) is 101 cm³/mol. The number of likely N-dealkylation sites (N-methyl/N-ethyl adjacent to an activating group) is 1. The molecule has 1 aliphatic rings. The van der Waals surface area contributed by atoms with Crippen molar-refractivity contribution in [1.82, 2.24) is 14.9 Å². The third-order valence-electron chi connectivity index (χ3n) is 4.51. The van der Waals surface area contributed by atoms with E-state index in [1.807, 2.05) is 13.1 Å².